The van der Waals surface area contributed by atoms with Gasteiger partial charge in [-0.2, -0.15) is 0 Å². The highest BCUT2D eigenvalue weighted by Crippen LogP contribution is 2.65. The Kier molecular flexibility index (Phi) is 11.3. The summed E-state index contributed by atoms with van der Waals surface area (Å²) in [5, 5.41) is 11.4. The Morgan fingerprint density at radius 2 is 1.50 bits per heavy atom. The van der Waals surface area contributed by atoms with E-state index in [4.69, 9.17) is 4.74 Å². The maximum absolute atomic E-state index is 14.5. The molecular formula is C36H59N5O7. The lowest BCUT2D eigenvalue weighted by molar-refractivity contribution is -0.147. The number of carbonyl (C=O) groups excluding carboxylic acids is 6. The molecule has 4 aliphatic rings. The molecule has 4 fully saturated rings. The van der Waals surface area contributed by atoms with E-state index in [0.717, 1.165) is 44.9 Å². The lowest BCUT2D eigenvalue weighted by Gasteiger charge is -2.39. The summed E-state index contributed by atoms with van der Waals surface area (Å²) in [5.41, 5.74) is -1.67. The summed E-state index contributed by atoms with van der Waals surface area (Å²) >= 11 is 0. The van der Waals surface area contributed by atoms with Crippen LogP contribution in [-0.2, 0) is 28.7 Å². The highest BCUT2D eigenvalue weighted by molar-refractivity contribution is 6.38. The van der Waals surface area contributed by atoms with Gasteiger partial charge in [0.15, 0.2) is 0 Å². The van der Waals surface area contributed by atoms with Gasteiger partial charge in [0.25, 0.3) is 5.91 Å². The number of nitrogens with one attached hydrogen (secondary N) is 4. The van der Waals surface area contributed by atoms with Crippen LogP contribution in [0.15, 0.2) is 0 Å². The summed E-state index contributed by atoms with van der Waals surface area (Å²) in [5.74, 6) is -2.82. The van der Waals surface area contributed by atoms with E-state index < -0.39 is 64.8 Å². The quantitative estimate of drug-likeness (QED) is 0.230. The van der Waals surface area contributed by atoms with Crippen LogP contribution < -0.4 is 21.3 Å². The van der Waals surface area contributed by atoms with Gasteiger partial charge in [-0.25, -0.2) is 4.79 Å². The van der Waals surface area contributed by atoms with Crippen LogP contribution in [0.25, 0.3) is 0 Å². The normalized spacial score (nSPS) is 25.5. The molecule has 3 aliphatic carbocycles. The number of nitrogens with zero attached hydrogens (tertiary/aromatic N) is 1. The number of amides is 5. The third-order valence-electron chi connectivity index (χ3n) is 10.6. The van der Waals surface area contributed by atoms with Crippen molar-refractivity contribution in [3.05, 3.63) is 0 Å². The number of piperidine rings is 1. The number of hydrogen-bond donors (Lipinski definition) is 4. The Bertz CT molecular complexity index is 1260. The third-order valence-corrected chi connectivity index (χ3v) is 10.6. The predicted molar refractivity (Wildman–Crippen MR) is 180 cm³/mol. The van der Waals surface area contributed by atoms with Crippen LogP contribution in [0.5, 0.6) is 0 Å². The molecule has 1 aliphatic heterocycles. The topological polar surface area (TPSA) is 163 Å². The van der Waals surface area contributed by atoms with E-state index in [1.54, 1.807) is 25.7 Å². The Labute approximate surface area is 286 Å². The molecule has 12 heteroatoms. The number of carbonyl (C=O) groups is 6. The van der Waals surface area contributed by atoms with Crippen molar-refractivity contribution in [3.63, 3.8) is 0 Å². The molecule has 270 valence electrons. The molecule has 4 N–H and O–H groups in total. The third kappa shape index (κ3) is 8.88. The highest BCUT2D eigenvalue weighted by Gasteiger charge is 2.70. The number of ketones is 1. The lowest BCUT2D eigenvalue weighted by Crippen LogP contribution is -2.63. The summed E-state index contributed by atoms with van der Waals surface area (Å²) in [4.78, 5) is 82.7. The van der Waals surface area contributed by atoms with Crippen LogP contribution in [-0.4, -0.2) is 82.8 Å². The van der Waals surface area contributed by atoms with Crippen molar-refractivity contribution >= 4 is 35.5 Å². The van der Waals surface area contributed by atoms with Crippen molar-refractivity contribution in [3.8, 4) is 0 Å². The molecule has 1 saturated heterocycles. The minimum atomic E-state index is -0.996. The molecule has 3 saturated carbocycles. The number of hydrogen-bond acceptors (Lipinski definition) is 7. The zero-order chi connectivity index (χ0) is 35.8. The molecule has 0 unspecified atom stereocenters. The Morgan fingerprint density at radius 3 is 2.04 bits per heavy atom. The van der Waals surface area contributed by atoms with Crippen molar-refractivity contribution < 1.29 is 33.5 Å². The number of fused-ring (bicyclic) bond motifs is 1. The van der Waals surface area contributed by atoms with Gasteiger partial charge in [-0.3, -0.25) is 24.0 Å². The van der Waals surface area contributed by atoms with Crippen LogP contribution in [0.1, 0.15) is 120 Å². The molecule has 0 aromatic carbocycles. The molecule has 0 bridgehead atoms. The second-order valence-corrected chi connectivity index (χ2v) is 17.2. The van der Waals surface area contributed by atoms with E-state index in [9.17, 15) is 28.8 Å². The number of Topliss-reactive ketones (excluding diaryl/α,β-unsaturated/α-hetero) is 1. The van der Waals surface area contributed by atoms with Gasteiger partial charge in [0.05, 0.1) is 6.04 Å². The standard InChI is InChI=1S/C36H59N5O7/c1-10-14-23(27(42)31(45)37-21-17-18-21)38-30(44)26-24-22(36(24,8)9)19-41(26)32(46)28(34(2,3)4)40-29(43)25(20-15-12-11-13-16-20)39-33(47)48-35(5,6)7/h20-26,28H,10-19H2,1-9H3,(H,37,45)(H,38,44)(H,39,47)(H,40,43)/t22-,23-,24-,25-,26-,28+/m0/s1. The second-order valence-electron chi connectivity index (χ2n) is 17.2. The summed E-state index contributed by atoms with van der Waals surface area (Å²) in [6.45, 7) is 17.2. The summed E-state index contributed by atoms with van der Waals surface area (Å²) < 4.78 is 5.49. The zero-order valence-electron chi connectivity index (χ0n) is 30.5. The lowest BCUT2D eigenvalue weighted by atomic mass is 9.82. The van der Waals surface area contributed by atoms with Crippen molar-refractivity contribution in [2.45, 2.75) is 156 Å². The van der Waals surface area contributed by atoms with E-state index in [2.05, 4.69) is 35.1 Å². The Morgan fingerprint density at radius 1 is 0.875 bits per heavy atom. The van der Waals surface area contributed by atoms with Gasteiger partial charge >= 0.3 is 6.09 Å². The molecule has 6 atom stereocenters. The second kappa shape index (κ2) is 14.4. The van der Waals surface area contributed by atoms with Gasteiger partial charge in [0.1, 0.15) is 23.7 Å². The van der Waals surface area contributed by atoms with E-state index in [1.807, 2.05) is 27.7 Å². The van der Waals surface area contributed by atoms with E-state index >= 15 is 0 Å². The van der Waals surface area contributed by atoms with Crippen LogP contribution in [0.3, 0.4) is 0 Å². The van der Waals surface area contributed by atoms with E-state index in [-0.39, 0.29) is 35.1 Å². The fourth-order valence-electron chi connectivity index (χ4n) is 7.62. The van der Waals surface area contributed by atoms with E-state index in [1.165, 1.54) is 0 Å². The molecule has 12 nitrogen and oxygen atoms in total. The zero-order valence-corrected chi connectivity index (χ0v) is 30.5. The van der Waals surface area contributed by atoms with Crippen molar-refractivity contribution in [1.82, 2.24) is 26.2 Å². The first kappa shape index (κ1) is 37.6. The molecule has 0 aromatic rings. The van der Waals surface area contributed by atoms with E-state index in [0.29, 0.717) is 19.4 Å². The van der Waals surface area contributed by atoms with Crippen LogP contribution in [0, 0.1) is 28.6 Å². The minimum absolute atomic E-state index is 0.0111. The minimum Gasteiger partial charge on any atom is -0.444 e. The monoisotopic (exact) mass is 673 g/mol. The largest absolute Gasteiger partial charge is 0.444 e. The molecule has 1 heterocycles. The van der Waals surface area contributed by atoms with Gasteiger partial charge < -0.3 is 30.9 Å². The number of alkyl carbamates (subject to hydrolysis) is 1. The van der Waals surface area contributed by atoms with Crippen LogP contribution in [0.2, 0.25) is 0 Å². The van der Waals surface area contributed by atoms with Crippen LogP contribution in [0.4, 0.5) is 4.79 Å². The van der Waals surface area contributed by atoms with Gasteiger partial charge in [-0.15, -0.1) is 0 Å². The maximum atomic E-state index is 14.5. The Hall–Kier alpha value is -3.18. The average Bonchev–Trinajstić information content (AvgIpc) is 3.83. The highest BCUT2D eigenvalue weighted by atomic mass is 16.6. The van der Waals surface area contributed by atoms with Crippen molar-refractivity contribution in [2.24, 2.45) is 28.6 Å². The van der Waals surface area contributed by atoms with Gasteiger partial charge in [0, 0.05) is 12.6 Å². The number of likely N-dealkylation sites (tertiary alicyclic amines) is 1. The van der Waals surface area contributed by atoms with Crippen LogP contribution >= 0.6 is 0 Å². The van der Waals surface area contributed by atoms with Crippen molar-refractivity contribution in [2.75, 3.05) is 6.54 Å². The smallest absolute Gasteiger partial charge is 0.408 e. The Balaban J connectivity index is 1.55. The fraction of sp³-hybridized carbons (Fsp3) is 0.833. The molecule has 0 spiro atoms. The molecule has 5 amide bonds. The first-order valence-electron chi connectivity index (χ1n) is 18.0. The average molecular weight is 674 g/mol. The summed E-state index contributed by atoms with van der Waals surface area (Å²) in [6, 6.07) is -3.72. The first-order chi connectivity index (χ1) is 22.3. The molecule has 0 aromatic heterocycles. The molecular weight excluding hydrogens is 614 g/mol. The molecule has 48 heavy (non-hydrogen) atoms. The SMILES string of the molecule is CCC[C@H](NC(=O)[C@@H]1[C@@H]2[C@H](CN1C(=O)[C@@H](NC(=O)[C@@H](NC(=O)OC(C)(C)C)C1CCCCC1)C(C)(C)C)C2(C)C)C(=O)C(=O)NC1CC1. The summed E-state index contributed by atoms with van der Waals surface area (Å²) in [6.07, 6.45) is 6.36. The summed E-state index contributed by atoms with van der Waals surface area (Å²) in [7, 11) is 0. The van der Waals surface area contributed by atoms with Gasteiger partial charge in [0.2, 0.25) is 23.5 Å². The fourth-order valence-corrected chi connectivity index (χ4v) is 7.62. The molecule has 0 radical (unpaired) electrons. The number of rotatable bonds is 12. The van der Waals surface area contributed by atoms with Gasteiger partial charge in [-0.1, -0.05) is 67.2 Å². The van der Waals surface area contributed by atoms with Gasteiger partial charge in [-0.05, 0) is 81.5 Å². The first-order valence-corrected chi connectivity index (χ1v) is 18.0. The number of ether oxygens (including phenoxy) is 1. The predicted octanol–water partition coefficient (Wildman–Crippen LogP) is 3.61. The maximum Gasteiger partial charge on any atom is 0.408 e. The van der Waals surface area contributed by atoms with Crippen molar-refractivity contribution in [1.29, 1.82) is 0 Å². The molecule has 4 rings (SSSR count).